The Hall–Kier alpha value is -2.94. The van der Waals surface area contributed by atoms with Crippen molar-refractivity contribution in [1.82, 2.24) is 4.90 Å². The van der Waals surface area contributed by atoms with E-state index in [9.17, 15) is 32.9 Å². The Labute approximate surface area is 148 Å². The van der Waals surface area contributed by atoms with Crippen LogP contribution in [0.25, 0.3) is 0 Å². The minimum absolute atomic E-state index is 0.0105. The zero-order chi connectivity index (χ0) is 19.2. The maximum Gasteiger partial charge on any atom is 0.416 e. The van der Waals surface area contributed by atoms with Gasteiger partial charge in [0.05, 0.1) is 28.2 Å². The molecule has 0 fully saturated rings. The standard InChI is InChI=1S/C16H8ClF3N2O4/c17-13-5-9(16(18,19)20)2-1-8(13)7-21-14(23)11-4-3-10(22(25)26)6-12(11)15(21)24/h1-6H,7H2. The lowest BCUT2D eigenvalue weighted by Gasteiger charge is -2.16. The van der Waals surface area contributed by atoms with Crippen molar-refractivity contribution in [2.24, 2.45) is 0 Å². The maximum absolute atomic E-state index is 12.7. The van der Waals surface area contributed by atoms with Crippen LogP contribution in [0.2, 0.25) is 5.02 Å². The molecule has 26 heavy (non-hydrogen) atoms. The molecule has 1 heterocycles. The number of halogens is 4. The molecule has 3 rings (SSSR count). The highest BCUT2D eigenvalue weighted by molar-refractivity contribution is 6.31. The maximum atomic E-state index is 12.7. The van der Waals surface area contributed by atoms with Gasteiger partial charge in [-0.15, -0.1) is 0 Å². The van der Waals surface area contributed by atoms with Gasteiger partial charge in [0.25, 0.3) is 17.5 Å². The number of nitro groups is 1. The number of benzene rings is 2. The van der Waals surface area contributed by atoms with Crippen LogP contribution in [0.3, 0.4) is 0 Å². The molecule has 0 saturated carbocycles. The first-order chi connectivity index (χ1) is 12.1. The Balaban J connectivity index is 1.91. The molecule has 6 nitrogen and oxygen atoms in total. The summed E-state index contributed by atoms with van der Waals surface area (Å²) in [5.74, 6) is -1.47. The summed E-state index contributed by atoms with van der Waals surface area (Å²) in [7, 11) is 0. The fourth-order valence-corrected chi connectivity index (χ4v) is 2.80. The van der Waals surface area contributed by atoms with Crippen molar-refractivity contribution in [2.75, 3.05) is 0 Å². The molecule has 0 atom stereocenters. The fraction of sp³-hybridized carbons (Fsp3) is 0.125. The Bertz CT molecular complexity index is 959. The second-order valence-electron chi connectivity index (χ2n) is 5.49. The summed E-state index contributed by atoms with van der Waals surface area (Å²) in [6.45, 7) is -0.350. The Morgan fingerprint density at radius 1 is 1.04 bits per heavy atom. The lowest BCUT2D eigenvalue weighted by Crippen LogP contribution is -2.29. The summed E-state index contributed by atoms with van der Waals surface area (Å²) >= 11 is 5.85. The summed E-state index contributed by atoms with van der Waals surface area (Å²) in [5, 5.41) is 10.6. The minimum atomic E-state index is -4.57. The summed E-state index contributed by atoms with van der Waals surface area (Å²) in [4.78, 5) is 35.6. The molecule has 0 unspecified atom stereocenters. The van der Waals surface area contributed by atoms with Gasteiger partial charge in [-0.05, 0) is 23.8 Å². The van der Waals surface area contributed by atoms with Gasteiger partial charge in [-0.2, -0.15) is 13.2 Å². The van der Waals surface area contributed by atoms with Crippen LogP contribution >= 0.6 is 11.6 Å². The largest absolute Gasteiger partial charge is 0.416 e. The van der Waals surface area contributed by atoms with Crippen molar-refractivity contribution in [3.8, 4) is 0 Å². The molecule has 1 aliphatic heterocycles. The van der Waals surface area contributed by atoms with Crippen LogP contribution in [0, 0.1) is 10.1 Å². The predicted octanol–water partition coefficient (Wildman–Crippen LogP) is 4.06. The van der Waals surface area contributed by atoms with E-state index in [4.69, 9.17) is 11.6 Å². The first kappa shape index (κ1) is 17.9. The van der Waals surface area contributed by atoms with Gasteiger partial charge in [0.1, 0.15) is 0 Å². The van der Waals surface area contributed by atoms with E-state index in [1.54, 1.807) is 0 Å². The van der Waals surface area contributed by atoms with Crippen molar-refractivity contribution in [3.05, 3.63) is 73.8 Å². The number of hydrogen-bond donors (Lipinski definition) is 0. The number of nitrogens with zero attached hydrogens (tertiary/aromatic N) is 2. The second kappa shape index (κ2) is 6.10. The average Bonchev–Trinajstić information content (AvgIpc) is 2.80. The monoisotopic (exact) mass is 384 g/mol. The number of carbonyl (C=O) groups is 2. The molecular formula is C16H8ClF3N2O4. The zero-order valence-electron chi connectivity index (χ0n) is 12.7. The Morgan fingerprint density at radius 2 is 1.69 bits per heavy atom. The molecule has 0 N–H and O–H groups in total. The van der Waals surface area contributed by atoms with E-state index < -0.39 is 28.5 Å². The smallest absolute Gasteiger partial charge is 0.270 e. The molecule has 1 aliphatic rings. The molecule has 0 bridgehead atoms. The second-order valence-corrected chi connectivity index (χ2v) is 5.89. The van der Waals surface area contributed by atoms with Crippen LogP contribution in [0.1, 0.15) is 31.8 Å². The van der Waals surface area contributed by atoms with Crippen molar-refractivity contribution in [2.45, 2.75) is 12.7 Å². The summed E-state index contributed by atoms with van der Waals surface area (Å²) in [6, 6.07) is 5.84. The number of amides is 2. The molecule has 0 aromatic heterocycles. The van der Waals surface area contributed by atoms with Gasteiger partial charge in [-0.25, -0.2) is 0 Å². The molecule has 0 radical (unpaired) electrons. The van der Waals surface area contributed by atoms with Crippen LogP contribution < -0.4 is 0 Å². The zero-order valence-corrected chi connectivity index (χ0v) is 13.5. The summed E-state index contributed by atoms with van der Waals surface area (Å²) in [6.07, 6.45) is -4.57. The third kappa shape index (κ3) is 3.01. The van der Waals surface area contributed by atoms with Gasteiger partial charge in [0.15, 0.2) is 0 Å². The van der Waals surface area contributed by atoms with Gasteiger partial charge in [-0.3, -0.25) is 24.6 Å². The van der Waals surface area contributed by atoms with E-state index in [1.165, 1.54) is 6.07 Å². The van der Waals surface area contributed by atoms with Crippen LogP contribution in [0.15, 0.2) is 36.4 Å². The van der Waals surface area contributed by atoms with Crippen LogP contribution in [0.5, 0.6) is 0 Å². The van der Waals surface area contributed by atoms with Gasteiger partial charge in [0, 0.05) is 17.2 Å². The molecule has 0 spiro atoms. The third-order valence-electron chi connectivity index (χ3n) is 3.87. The highest BCUT2D eigenvalue weighted by Gasteiger charge is 2.37. The normalized spacial score (nSPS) is 13.9. The van der Waals surface area contributed by atoms with Crippen LogP contribution in [-0.2, 0) is 12.7 Å². The number of carbonyl (C=O) groups excluding carboxylic acids is 2. The van der Waals surface area contributed by atoms with Gasteiger partial charge in [-0.1, -0.05) is 17.7 Å². The first-order valence-corrected chi connectivity index (χ1v) is 7.47. The molecule has 10 heteroatoms. The predicted molar refractivity (Wildman–Crippen MR) is 83.8 cm³/mol. The third-order valence-corrected chi connectivity index (χ3v) is 4.23. The molecule has 0 saturated heterocycles. The van der Waals surface area contributed by atoms with E-state index in [1.807, 2.05) is 0 Å². The van der Waals surface area contributed by atoms with Gasteiger partial charge in [0.2, 0.25) is 0 Å². The lowest BCUT2D eigenvalue weighted by atomic mass is 10.1. The molecule has 2 aromatic rings. The average molecular weight is 385 g/mol. The highest BCUT2D eigenvalue weighted by Crippen LogP contribution is 2.34. The number of imide groups is 1. The molecule has 0 aliphatic carbocycles. The van der Waals surface area contributed by atoms with Gasteiger partial charge >= 0.3 is 6.18 Å². The first-order valence-electron chi connectivity index (χ1n) is 7.10. The summed E-state index contributed by atoms with van der Waals surface area (Å²) in [5.41, 5.74) is -1.30. The fourth-order valence-electron chi connectivity index (χ4n) is 2.56. The number of rotatable bonds is 3. The van der Waals surface area contributed by atoms with Crippen molar-refractivity contribution < 1.29 is 27.7 Å². The van der Waals surface area contributed by atoms with Crippen molar-refractivity contribution >= 4 is 29.1 Å². The lowest BCUT2D eigenvalue weighted by molar-refractivity contribution is -0.384. The molecule has 134 valence electrons. The van der Waals surface area contributed by atoms with Crippen LogP contribution in [0.4, 0.5) is 18.9 Å². The number of non-ortho nitro benzene ring substituents is 1. The number of nitro benzene ring substituents is 1. The SMILES string of the molecule is O=C1c2ccc([N+](=O)[O-])cc2C(=O)N1Cc1ccc(C(F)(F)F)cc1Cl. The molecule has 2 amide bonds. The molecular weight excluding hydrogens is 377 g/mol. The highest BCUT2D eigenvalue weighted by atomic mass is 35.5. The topological polar surface area (TPSA) is 80.5 Å². The van der Waals surface area contributed by atoms with E-state index in [2.05, 4.69) is 0 Å². The Morgan fingerprint density at radius 3 is 2.27 bits per heavy atom. The molecule has 2 aromatic carbocycles. The minimum Gasteiger partial charge on any atom is -0.270 e. The van der Waals surface area contributed by atoms with E-state index in [-0.39, 0.29) is 33.9 Å². The quantitative estimate of drug-likeness (QED) is 0.454. The Kier molecular flexibility index (Phi) is 4.19. The number of alkyl halides is 3. The number of hydrogen-bond acceptors (Lipinski definition) is 4. The van der Waals surface area contributed by atoms with E-state index >= 15 is 0 Å². The van der Waals surface area contributed by atoms with E-state index in [0.29, 0.717) is 6.07 Å². The summed E-state index contributed by atoms with van der Waals surface area (Å²) < 4.78 is 38.0. The number of fused-ring (bicyclic) bond motifs is 1. The van der Waals surface area contributed by atoms with Gasteiger partial charge < -0.3 is 0 Å². The van der Waals surface area contributed by atoms with Crippen molar-refractivity contribution in [3.63, 3.8) is 0 Å². The van der Waals surface area contributed by atoms with E-state index in [0.717, 1.165) is 29.2 Å². The van der Waals surface area contributed by atoms with Crippen molar-refractivity contribution in [1.29, 1.82) is 0 Å². The van der Waals surface area contributed by atoms with Crippen LogP contribution in [-0.4, -0.2) is 21.6 Å².